The van der Waals surface area contributed by atoms with Gasteiger partial charge in [-0.15, -0.1) is 0 Å². The smallest absolute Gasteiger partial charge is 0.0568 e. The molecule has 0 radical (unpaired) electrons. The van der Waals surface area contributed by atoms with E-state index in [0.29, 0.717) is 0 Å². The molecule has 2 heteroatoms. The Kier molecular flexibility index (Phi) is 3.23. The monoisotopic (exact) mass is 396 g/mol. The molecule has 0 saturated heterocycles. The lowest BCUT2D eigenvalue weighted by Gasteiger charge is -2.07. The fraction of sp³-hybridized carbons (Fsp3) is 0.0345. The molecule has 2 heterocycles. The molecule has 2 nitrogen and oxygen atoms in total. The van der Waals surface area contributed by atoms with Crippen LogP contribution in [-0.2, 0) is 7.05 Å². The van der Waals surface area contributed by atoms with Gasteiger partial charge in [-0.25, -0.2) is 0 Å². The van der Waals surface area contributed by atoms with E-state index in [1.807, 2.05) is 0 Å². The molecular formula is C29H20N2. The summed E-state index contributed by atoms with van der Waals surface area (Å²) in [4.78, 5) is 0. The van der Waals surface area contributed by atoms with Gasteiger partial charge in [-0.3, -0.25) is 0 Å². The Balaban J connectivity index is 1.72. The summed E-state index contributed by atoms with van der Waals surface area (Å²) in [7, 11) is 2.19. The first-order chi connectivity index (χ1) is 15.3. The largest absolute Gasteiger partial charge is 0.343 e. The van der Waals surface area contributed by atoms with Crippen LogP contribution in [0, 0.1) is 0 Å². The number of hydrogen-bond donors (Lipinski definition) is 0. The van der Waals surface area contributed by atoms with Gasteiger partial charge in [-0.05, 0) is 35.7 Å². The molecule has 31 heavy (non-hydrogen) atoms. The molecule has 7 aromatic rings. The van der Waals surface area contributed by atoms with Gasteiger partial charge in [0.2, 0.25) is 0 Å². The van der Waals surface area contributed by atoms with E-state index < -0.39 is 0 Å². The lowest BCUT2D eigenvalue weighted by molar-refractivity contribution is 1.02. The molecule has 0 amide bonds. The van der Waals surface area contributed by atoms with Crippen molar-refractivity contribution in [2.75, 3.05) is 0 Å². The zero-order valence-corrected chi connectivity index (χ0v) is 17.2. The van der Waals surface area contributed by atoms with E-state index in [0.717, 1.165) is 0 Å². The molecule has 2 aromatic heterocycles. The average Bonchev–Trinajstić information content (AvgIpc) is 3.30. The minimum absolute atomic E-state index is 1.19. The fourth-order valence-electron chi connectivity index (χ4n) is 5.31. The molecule has 0 spiro atoms. The van der Waals surface area contributed by atoms with Crippen LogP contribution in [0.1, 0.15) is 0 Å². The highest BCUT2D eigenvalue weighted by Gasteiger charge is 2.17. The maximum absolute atomic E-state index is 2.39. The maximum Gasteiger partial charge on any atom is 0.0568 e. The van der Waals surface area contributed by atoms with E-state index in [1.165, 1.54) is 60.1 Å². The highest BCUT2D eigenvalue weighted by Crippen LogP contribution is 2.39. The van der Waals surface area contributed by atoms with Crippen LogP contribution in [0.25, 0.3) is 60.1 Å². The molecule has 0 N–H and O–H groups in total. The van der Waals surface area contributed by atoms with E-state index in [9.17, 15) is 0 Å². The van der Waals surface area contributed by atoms with Gasteiger partial charge in [-0.1, -0.05) is 72.8 Å². The molecule has 0 unspecified atom stereocenters. The average molecular weight is 396 g/mol. The summed E-state index contributed by atoms with van der Waals surface area (Å²) >= 11 is 0. The van der Waals surface area contributed by atoms with Crippen LogP contribution in [0.2, 0.25) is 0 Å². The Morgan fingerprint density at radius 2 is 1.16 bits per heavy atom. The van der Waals surface area contributed by atoms with E-state index in [2.05, 4.69) is 119 Å². The van der Waals surface area contributed by atoms with Crippen LogP contribution in [0.3, 0.4) is 0 Å². The number of nitrogens with zero attached hydrogens (tertiary/aromatic N) is 2. The summed E-state index contributed by atoms with van der Waals surface area (Å²) < 4.78 is 4.76. The molecule has 146 valence electrons. The van der Waals surface area contributed by atoms with Crippen molar-refractivity contribution in [2.45, 2.75) is 0 Å². The lowest BCUT2D eigenvalue weighted by Crippen LogP contribution is -1.93. The number of hydrogen-bond acceptors (Lipinski definition) is 0. The summed E-state index contributed by atoms with van der Waals surface area (Å²) in [5.41, 5.74) is 6.26. The molecule has 0 atom stereocenters. The molecule has 0 aliphatic rings. The van der Waals surface area contributed by atoms with Crippen molar-refractivity contribution in [1.29, 1.82) is 0 Å². The van der Waals surface area contributed by atoms with Crippen LogP contribution in [0.5, 0.6) is 0 Å². The molecule has 5 aromatic carbocycles. The molecule has 0 fully saturated rings. The molecular weight excluding hydrogens is 376 g/mol. The van der Waals surface area contributed by atoms with Gasteiger partial charge in [0, 0.05) is 45.2 Å². The molecule has 0 aliphatic heterocycles. The first-order valence-electron chi connectivity index (χ1n) is 10.7. The van der Waals surface area contributed by atoms with Crippen molar-refractivity contribution in [2.24, 2.45) is 7.05 Å². The third-order valence-corrected chi connectivity index (χ3v) is 6.69. The summed E-state index contributed by atoms with van der Waals surface area (Å²) in [6.45, 7) is 0. The number of fused-ring (bicyclic) bond motifs is 8. The summed E-state index contributed by atoms with van der Waals surface area (Å²) in [5, 5.41) is 7.78. The van der Waals surface area contributed by atoms with Gasteiger partial charge in [0.1, 0.15) is 0 Å². The van der Waals surface area contributed by atoms with E-state index in [-0.39, 0.29) is 0 Å². The van der Waals surface area contributed by atoms with Crippen molar-refractivity contribution >= 4 is 54.4 Å². The fourth-order valence-corrected chi connectivity index (χ4v) is 5.31. The zero-order chi connectivity index (χ0) is 20.5. The number of rotatable bonds is 1. The SMILES string of the molecule is Cn1c2cc3c4ccccc4n(-c4ccccc4)c3cc2c2ccc3ccccc3c21. The third-order valence-electron chi connectivity index (χ3n) is 6.69. The van der Waals surface area contributed by atoms with Gasteiger partial charge >= 0.3 is 0 Å². The van der Waals surface area contributed by atoms with Crippen LogP contribution < -0.4 is 0 Å². The Morgan fingerprint density at radius 1 is 0.484 bits per heavy atom. The van der Waals surface area contributed by atoms with Gasteiger partial charge in [-0.2, -0.15) is 0 Å². The standard InChI is InChI=1S/C29H20N2/c1-30-27-17-24-22-13-7-8-14-26(22)31(20-10-3-2-4-11-20)28(24)18-25(27)23-16-15-19-9-5-6-12-21(19)29(23)30/h2-18H,1H3. The molecule has 0 aliphatic carbocycles. The molecule has 0 bridgehead atoms. The van der Waals surface area contributed by atoms with Gasteiger partial charge in [0.15, 0.2) is 0 Å². The zero-order valence-electron chi connectivity index (χ0n) is 17.2. The number of aromatic nitrogens is 2. The van der Waals surface area contributed by atoms with Crippen LogP contribution >= 0.6 is 0 Å². The molecule has 7 rings (SSSR count). The Hall–Kier alpha value is -4.04. The second kappa shape index (κ2) is 5.99. The predicted molar refractivity (Wildman–Crippen MR) is 132 cm³/mol. The lowest BCUT2D eigenvalue weighted by atomic mass is 10.0. The normalized spacial score (nSPS) is 12.0. The second-order valence-corrected chi connectivity index (χ2v) is 8.32. The van der Waals surface area contributed by atoms with Crippen molar-refractivity contribution in [3.63, 3.8) is 0 Å². The van der Waals surface area contributed by atoms with Crippen LogP contribution in [-0.4, -0.2) is 9.13 Å². The first kappa shape index (κ1) is 16.7. The summed E-state index contributed by atoms with van der Waals surface area (Å²) in [5.74, 6) is 0. The predicted octanol–water partition coefficient (Wildman–Crippen LogP) is 7.58. The topological polar surface area (TPSA) is 9.86 Å². The van der Waals surface area contributed by atoms with Crippen molar-refractivity contribution in [1.82, 2.24) is 9.13 Å². The second-order valence-electron chi connectivity index (χ2n) is 8.32. The van der Waals surface area contributed by atoms with E-state index in [1.54, 1.807) is 0 Å². The third kappa shape index (κ3) is 2.17. The highest BCUT2D eigenvalue weighted by atomic mass is 15.0. The van der Waals surface area contributed by atoms with Crippen LogP contribution in [0.15, 0.2) is 103 Å². The van der Waals surface area contributed by atoms with Gasteiger partial charge in [0.25, 0.3) is 0 Å². The van der Waals surface area contributed by atoms with Crippen molar-refractivity contribution in [3.8, 4) is 5.69 Å². The minimum atomic E-state index is 1.19. The Bertz CT molecular complexity index is 1780. The summed E-state index contributed by atoms with van der Waals surface area (Å²) in [6, 6.07) is 37.3. The van der Waals surface area contributed by atoms with Crippen LogP contribution in [0.4, 0.5) is 0 Å². The van der Waals surface area contributed by atoms with E-state index >= 15 is 0 Å². The number of para-hydroxylation sites is 2. The quantitative estimate of drug-likeness (QED) is 0.271. The Labute approximate surface area is 179 Å². The first-order valence-corrected chi connectivity index (χ1v) is 10.7. The maximum atomic E-state index is 2.39. The van der Waals surface area contributed by atoms with Crippen molar-refractivity contribution < 1.29 is 0 Å². The minimum Gasteiger partial charge on any atom is -0.343 e. The highest BCUT2D eigenvalue weighted by molar-refractivity contribution is 6.22. The molecule has 0 saturated carbocycles. The van der Waals surface area contributed by atoms with Gasteiger partial charge < -0.3 is 9.13 Å². The summed E-state index contributed by atoms with van der Waals surface area (Å²) in [6.07, 6.45) is 0. The van der Waals surface area contributed by atoms with Gasteiger partial charge in [0.05, 0.1) is 16.6 Å². The number of benzene rings is 5. The number of aryl methyl sites for hydroxylation is 1. The van der Waals surface area contributed by atoms with E-state index in [4.69, 9.17) is 0 Å². The van der Waals surface area contributed by atoms with Crippen molar-refractivity contribution in [3.05, 3.63) is 103 Å². The Morgan fingerprint density at radius 3 is 2.03 bits per heavy atom.